The van der Waals surface area contributed by atoms with Crippen molar-refractivity contribution in [2.45, 2.75) is 30.1 Å². The van der Waals surface area contributed by atoms with Crippen LogP contribution < -0.4 is 4.72 Å². The third kappa shape index (κ3) is 4.12. The van der Waals surface area contributed by atoms with Crippen molar-refractivity contribution in [2.75, 3.05) is 0 Å². The van der Waals surface area contributed by atoms with Gasteiger partial charge in [0, 0.05) is 0 Å². The first-order valence-corrected chi connectivity index (χ1v) is 9.72. The Bertz CT molecular complexity index is 1040. The zero-order chi connectivity index (χ0) is 19.4. The van der Waals surface area contributed by atoms with Gasteiger partial charge in [0.25, 0.3) is 10.0 Å². The van der Waals surface area contributed by atoms with Crippen molar-refractivity contribution in [3.05, 3.63) is 64.9 Å². The lowest BCUT2D eigenvalue weighted by Gasteiger charge is -2.24. The third-order valence-corrected chi connectivity index (χ3v) is 5.72. The number of hydrogen-bond donors (Lipinski definition) is 1. The molecule has 0 saturated heterocycles. The van der Waals surface area contributed by atoms with Crippen molar-refractivity contribution >= 4 is 21.6 Å². The molecule has 138 valence electrons. The zero-order valence-electron chi connectivity index (χ0n) is 14.2. The van der Waals surface area contributed by atoms with Crippen LogP contribution in [0, 0.1) is 16.7 Å². The van der Waals surface area contributed by atoms with Crippen molar-refractivity contribution in [1.82, 2.24) is 4.72 Å². The largest absolute Gasteiger partial charge is 0.682 e. The van der Waals surface area contributed by atoms with E-state index in [9.17, 15) is 18.4 Å². The van der Waals surface area contributed by atoms with Crippen LogP contribution >= 0.6 is 0 Å². The van der Waals surface area contributed by atoms with Gasteiger partial charge < -0.3 is 5.21 Å². The molecule has 1 aliphatic rings. The summed E-state index contributed by atoms with van der Waals surface area (Å²) in [6.45, 7) is 0. The Hall–Kier alpha value is -3.25. The Morgan fingerprint density at radius 3 is 2.63 bits per heavy atom. The fourth-order valence-corrected chi connectivity index (χ4v) is 4.13. The van der Waals surface area contributed by atoms with E-state index in [2.05, 4.69) is 9.84 Å². The molecule has 1 aliphatic carbocycles. The molecule has 3 rings (SSSR count). The Kier molecular flexibility index (Phi) is 5.19. The molecule has 0 aliphatic heterocycles. The number of hydroxylamine groups is 1. The maximum atomic E-state index is 12.6. The Balaban J connectivity index is 1.79. The van der Waals surface area contributed by atoms with Gasteiger partial charge in [0.15, 0.2) is 5.26 Å². The number of aryl methyl sites for hydroxylation is 1. The molecule has 9 heteroatoms. The Morgan fingerprint density at radius 2 is 1.93 bits per heavy atom. The number of nitriles is 1. The number of sulfonamides is 1. The van der Waals surface area contributed by atoms with Crippen LogP contribution in [-0.4, -0.2) is 19.2 Å². The molecule has 0 heterocycles. The number of benzene rings is 2. The summed E-state index contributed by atoms with van der Waals surface area (Å²) >= 11 is 0. The van der Waals surface area contributed by atoms with Gasteiger partial charge in [0.2, 0.25) is 5.91 Å². The maximum Gasteiger partial charge on any atom is 0.485 e. The first-order valence-electron chi connectivity index (χ1n) is 8.24. The van der Waals surface area contributed by atoms with E-state index >= 15 is 0 Å². The number of azo groups is 1. The lowest BCUT2D eigenvalue weighted by Crippen LogP contribution is -2.35. The van der Waals surface area contributed by atoms with Crippen molar-refractivity contribution < 1.29 is 18.1 Å². The van der Waals surface area contributed by atoms with Gasteiger partial charge in [-0.2, -0.15) is 0 Å². The standard InChI is InChI=1S/C18H16N4O4S/c19-12-22(24)20-14-8-10-15(11-9-14)27(25,26)21-18(23)17-7-3-5-13-4-1-2-6-16(13)17/h1-2,4,6,8-11,17H,3,5,7H2,(H,21,23). The number of fused-ring (bicyclic) bond motifs is 1. The van der Waals surface area contributed by atoms with Crippen LogP contribution in [0.15, 0.2) is 58.5 Å². The number of hydrogen-bond acceptors (Lipinski definition) is 6. The highest BCUT2D eigenvalue weighted by molar-refractivity contribution is 7.90. The second-order valence-electron chi connectivity index (χ2n) is 6.08. The van der Waals surface area contributed by atoms with Crippen LogP contribution in [0.2, 0.25) is 0 Å². The molecule has 1 unspecified atom stereocenters. The summed E-state index contributed by atoms with van der Waals surface area (Å²) in [6, 6.07) is 12.5. The Morgan fingerprint density at radius 1 is 1.22 bits per heavy atom. The van der Waals surface area contributed by atoms with Gasteiger partial charge in [0.05, 0.1) is 10.8 Å². The summed E-state index contributed by atoms with van der Waals surface area (Å²) in [5.74, 6) is -1.07. The van der Waals surface area contributed by atoms with E-state index in [1.54, 1.807) is 0 Å². The monoisotopic (exact) mass is 384 g/mol. The van der Waals surface area contributed by atoms with Crippen LogP contribution in [0.25, 0.3) is 0 Å². The molecular weight excluding hydrogens is 368 g/mol. The van der Waals surface area contributed by atoms with E-state index < -0.39 is 21.8 Å². The number of rotatable bonds is 4. The average Bonchev–Trinajstić information content (AvgIpc) is 2.67. The van der Waals surface area contributed by atoms with Crippen molar-refractivity contribution in [2.24, 2.45) is 5.11 Å². The molecule has 0 bridgehead atoms. The minimum Gasteiger partial charge on any atom is -0.682 e. The van der Waals surface area contributed by atoms with Gasteiger partial charge >= 0.3 is 6.19 Å². The van der Waals surface area contributed by atoms with Gasteiger partial charge in [-0.05, 0) is 54.7 Å². The summed E-state index contributed by atoms with van der Waals surface area (Å²) in [5.41, 5.74) is 2.04. The van der Waals surface area contributed by atoms with Gasteiger partial charge in [-0.15, -0.1) is 0 Å². The van der Waals surface area contributed by atoms with Gasteiger partial charge in [-0.3, -0.25) is 4.79 Å². The SMILES string of the molecule is N#C[N+]([O-])=Nc1ccc(S(=O)(=O)NC(=O)C2CCCc3ccccc32)cc1. The Labute approximate surface area is 156 Å². The molecule has 27 heavy (non-hydrogen) atoms. The fraction of sp³-hybridized carbons (Fsp3) is 0.222. The predicted molar refractivity (Wildman–Crippen MR) is 95.2 cm³/mol. The quantitative estimate of drug-likeness (QED) is 0.285. The number of amides is 1. The van der Waals surface area contributed by atoms with Crippen LogP contribution in [0.3, 0.4) is 0 Å². The summed E-state index contributed by atoms with van der Waals surface area (Å²) in [5, 5.41) is 22.7. The average molecular weight is 384 g/mol. The number of carbonyl (C=O) groups is 1. The molecule has 0 spiro atoms. The highest BCUT2D eigenvalue weighted by atomic mass is 32.2. The van der Waals surface area contributed by atoms with Gasteiger partial charge in [0.1, 0.15) is 5.69 Å². The van der Waals surface area contributed by atoms with Gasteiger partial charge in [-0.25, -0.2) is 13.1 Å². The molecule has 0 saturated carbocycles. The second kappa shape index (κ2) is 7.55. The normalized spacial score (nSPS) is 16.9. The zero-order valence-corrected chi connectivity index (χ0v) is 15.0. The van der Waals surface area contributed by atoms with E-state index in [4.69, 9.17) is 5.26 Å². The minimum absolute atomic E-state index is 0.123. The molecule has 0 fully saturated rings. The molecule has 1 N–H and O–H groups in total. The highest BCUT2D eigenvalue weighted by Crippen LogP contribution is 2.32. The second-order valence-corrected chi connectivity index (χ2v) is 7.76. The van der Waals surface area contributed by atoms with Crippen molar-refractivity contribution in [1.29, 1.82) is 5.26 Å². The van der Waals surface area contributed by atoms with E-state index in [0.29, 0.717) is 6.42 Å². The first kappa shape index (κ1) is 18.5. The lowest BCUT2D eigenvalue weighted by molar-refractivity contribution is -0.433. The summed E-state index contributed by atoms with van der Waals surface area (Å²) in [4.78, 5) is 12.3. The summed E-state index contributed by atoms with van der Waals surface area (Å²) < 4.78 is 27.1. The molecule has 0 aromatic heterocycles. The topological polar surface area (TPSA) is 125 Å². The molecule has 2 aromatic carbocycles. The van der Waals surface area contributed by atoms with E-state index in [1.807, 2.05) is 24.3 Å². The predicted octanol–water partition coefficient (Wildman–Crippen LogP) is 2.69. The molecule has 8 nitrogen and oxygen atoms in total. The summed E-state index contributed by atoms with van der Waals surface area (Å²) in [6.07, 6.45) is 3.54. The van der Waals surface area contributed by atoms with Crippen LogP contribution in [0.4, 0.5) is 5.69 Å². The number of carbonyl (C=O) groups excluding carboxylic acids is 1. The lowest BCUT2D eigenvalue weighted by atomic mass is 9.82. The third-order valence-electron chi connectivity index (χ3n) is 4.36. The first-order chi connectivity index (χ1) is 12.9. The van der Waals surface area contributed by atoms with Gasteiger partial charge in [-0.1, -0.05) is 34.2 Å². The maximum absolute atomic E-state index is 12.6. The van der Waals surface area contributed by atoms with Crippen LogP contribution in [-0.2, 0) is 21.2 Å². The molecule has 1 atom stereocenters. The number of nitrogens with one attached hydrogen (secondary N) is 1. The molecular formula is C18H16N4O4S. The van der Waals surface area contributed by atoms with Crippen molar-refractivity contribution in [3.63, 3.8) is 0 Å². The molecule has 1 amide bonds. The van der Waals surface area contributed by atoms with E-state index in [-0.39, 0.29) is 15.4 Å². The number of nitrogens with zero attached hydrogens (tertiary/aromatic N) is 3. The van der Waals surface area contributed by atoms with Crippen LogP contribution in [0.5, 0.6) is 0 Å². The van der Waals surface area contributed by atoms with Crippen LogP contribution in [0.1, 0.15) is 29.9 Å². The summed E-state index contributed by atoms with van der Waals surface area (Å²) in [7, 11) is -4.06. The van der Waals surface area contributed by atoms with Crippen molar-refractivity contribution in [3.8, 4) is 6.19 Å². The highest BCUT2D eigenvalue weighted by Gasteiger charge is 2.29. The molecule has 0 radical (unpaired) electrons. The minimum atomic E-state index is -4.06. The molecule has 2 aromatic rings. The van der Waals surface area contributed by atoms with E-state index in [1.165, 1.54) is 30.5 Å². The van der Waals surface area contributed by atoms with E-state index in [0.717, 1.165) is 24.0 Å². The smallest absolute Gasteiger partial charge is 0.485 e. The fourth-order valence-electron chi connectivity index (χ4n) is 3.11.